The highest BCUT2D eigenvalue weighted by Crippen LogP contribution is 2.15. The number of nitrogens with one attached hydrogen (secondary N) is 1. The van der Waals surface area contributed by atoms with Gasteiger partial charge in [0.15, 0.2) is 5.78 Å². The first kappa shape index (κ1) is 17.2. The number of tetrazole rings is 1. The lowest BCUT2D eigenvalue weighted by Crippen LogP contribution is -2.44. The van der Waals surface area contributed by atoms with Crippen LogP contribution in [0.3, 0.4) is 0 Å². The number of aromatic nitrogens is 4. The number of hydrogen-bond donors (Lipinski definition) is 1. The van der Waals surface area contributed by atoms with E-state index in [9.17, 15) is 9.59 Å². The molecule has 124 valence electrons. The van der Waals surface area contributed by atoms with E-state index < -0.39 is 6.04 Å². The molecule has 0 saturated carbocycles. The van der Waals surface area contributed by atoms with Crippen molar-refractivity contribution < 1.29 is 14.0 Å². The third kappa shape index (κ3) is 4.92. The van der Waals surface area contributed by atoms with Crippen LogP contribution in [0.1, 0.15) is 26.5 Å². The van der Waals surface area contributed by atoms with E-state index in [4.69, 9.17) is 4.42 Å². The van der Waals surface area contributed by atoms with Crippen molar-refractivity contribution in [3.63, 3.8) is 0 Å². The van der Waals surface area contributed by atoms with Gasteiger partial charge in [0.25, 0.3) is 0 Å². The number of furan rings is 1. The number of carbonyl (C=O) groups excluding carboxylic acids is 2. The number of amides is 1. The van der Waals surface area contributed by atoms with E-state index in [0.29, 0.717) is 11.7 Å². The molecule has 0 aliphatic rings. The second-order valence-electron chi connectivity index (χ2n) is 5.39. The second kappa shape index (κ2) is 7.91. The fourth-order valence-corrected chi connectivity index (χ4v) is 2.72. The summed E-state index contributed by atoms with van der Waals surface area (Å²) in [5.41, 5.74) is 0. The van der Waals surface area contributed by atoms with E-state index >= 15 is 0 Å². The van der Waals surface area contributed by atoms with Gasteiger partial charge in [-0.3, -0.25) is 9.59 Å². The molecule has 1 atom stereocenters. The zero-order valence-corrected chi connectivity index (χ0v) is 14.0. The molecule has 2 heterocycles. The summed E-state index contributed by atoms with van der Waals surface area (Å²) in [6.45, 7) is 5.65. The van der Waals surface area contributed by atoms with Crippen molar-refractivity contribution in [3.8, 4) is 0 Å². The van der Waals surface area contributed by atoms with Crippen molar-refractivity contribution >= 4 is 23.5 Å². The molecule has 0 aliphatic carbocycles. The summed E-state index contributed by atoms with van der Waals surface area (Å²) in [5.74, 6) is 0.623. The molecule has 2 rings (SSSR count). The Kier molecular flexibility index (Phi) is 5.91. The summed E-state index contributed by atoms with van der Waals surface area (Å²) in [4.78, 5) is 23.5. The van der Waals surface area contributed by atoms with Gasteiger partial charge >= 0.3 is 0 Å². The van der Waals surface area contributed by atoms with Gasteiger partial charge in [-0.15, -0.1) is 5.10 Å². The third-order valence-corrected chi connectivity index (χ3v) is 4.10. The first-order valence-electron chi connectivity index (χ1n) is 7.18. The predicted octanol–water partition coefficient (Wildman–Crippen LogP) is 1.14. The van der Waals surface area contributed by atoms with Crippen molar-refractivity contribution in [2.24, 2.45) is 5.92 Å². The van der Waals surface area contributed by atoms with E-state index in [1.807, 2.05) is 19.9 Å². The molecule has 1 amide bonds. The summed E-state index contributed by atoms with van der Waals surface area (Å²) in [5, 5.41) is 14.6. The van der Waals surface area contributed by atoms with E-state index in [1.54, 1.807) is 17.0 Å². The maximum Gasteiger partial charge on any atom is 0.231 e. The Morgan fingerprint density at radius 1 is 1.43 bits per heavy atom. The molecule has 0 aromatic carbocycles. The second-order valence-corrected chi connectivity index (χ2v) is 6.33. The van der Waals surface area contributed by atoms with Gasteiger partial charge in [0.2, 0.25) is 11.1 Å². The Hall–Kier alpha value is -2.16. The molecular formula is C14H19N5O3S. The smallest absolute Gasteiger partial charge is 0.231 e. The maximum absolute atomic E-state index is 12.0. The molecule has 0 saturated heterocycles. The minimum absolute atomic E-state index is 0.0470. The quantitative estimate of drug-likeness (QED) is 0.720. The molecule has 0 spiro atoms. The monoisotopic (exact) mass is 337 g/mol. The van der Waals surface area contributed by atoms with Gasteiger partial charge in [-0.1, -0.05) is 25.6 Å². The van der Waals surface area contributed by atoms with Crippen LogP contribution in [0.5, 0.6) is 0 Å². The zero-order valence-electron chi connectivity index (χ0n) is 13.2. The van der Waals surface area contributed by atoms with Gasteiger partial charge in [-0.05, 0) is 35.4 Å². The fourth-order valence-electron chi connectivity index (χ4n) is 2.03. The summed E-state index contributed by atoms with van der Waals surface area (Å²) in [7, 11) is 0. The molecule has 23 heavy (non-hydrogen) atoms. The van der Waals surface area contributed by atoms with Gasteiger partial charge in [-0.25, -0.2) is 4.68 Å². The minimum atomic E-state index is -0.470. The predicted molar refractivity (Wildman–Crippen MR) is 83.8 cm³/mol. The van der Waals surface area contributed by atoms with E-state index in [2.05, 4.69) is 20.8 Å². The van der Waals surface area contributed by atoms with Crippen LogP contribution in [0.25, 0.3) is 0 Å². The van der Waals surface area contributed by atoms with Crippen LogP contribution in [0.2, 0.25) is 0 Å². The lowest BCUT2D eigenvalue weighted by atomic mass is 10.0. The Morgan fingerprint density at radius 3 is 2.83 bits per heavy atom. The van der Waals surface area contributed by atoms with Crippen molar-refractivity contribution in [2.75, 3.05) is 5.75 Å². The molecule has 8 nitrogen and oxygen atoms in total. The summed E-state index contributed by atoms with van der Waals surface area (Å²) in [6.07, 6.45) is 1.58. The Balaban J connectivity index is 1.90. The third-order valence-electron chi connectivity index (χ3n) is 3.14. The molecule has 0 bridgehead atoms. The highest BCUT2D eigenvalue weighted by molar-refractivity contribution is 7.99. The number of ketones is 1. The highest BCUT2D eigenvalue weighted by atomic mass is 32.2. The Labute approximate surface area is 138 Å². The zero-order chi connectivity index (χ0) is 16.8. The van der Waals surface area contributed by atoms with Crippen LogP contribution in [-0.2, 0) is 16.1 Å². The number of thioether (sulfide) groups is 1. The van der Waals surface area contributed by atoms with Crippen LogP contribution >= 0.6 is 11.8 Å². The summed E-state index contributed by atoms with van der Waals surface area (Å²) in [6, 6.07) is 3.14. The van der Waals surface area contributed by atoms with Crippen LogP contribution in [0.15, 0.2) is 28.0 Å². The van der Waals surface area contributed by atoms with E-state index in [-0.39, 0.29) is 23.4 Å². The molecule has 1 unspecified atom stereocenters. The minimum Gasteiger partial charge on any atom is -0.467 e. The SMILES string of the molecule is CC(=O)C(NC(=O)CSc1nnnn1Cc1ccco1)C(C)C. The fraction of sp³-hybridized carbons (Fsp3) is 0.500. The van der Waals surface area contributed by atoms with Crippen LogP contribution in [0.4, 0.5) is 0 Å². The normalized spacial score (nSPS) is 12.3. The molecule has 0 fully saturated rings. The number of Topliss-reactive ketones (excluding diaryl/α,β-unsaturated/α-hetero) is 1. The van der Waals surface area contributed by atoms with Crippen molar-refractivity contribution in [3.05, 3.63) is 24.2 Å². The van der Waals surface area contributed by atoms with Gasteiger partial charge in [0.1, 0.15) is 12.3 Å². The van der Waals surface area contributed by atoms with E-state index in [0.717, 1.165) is 5.76 Å². The van der Waals surface area contributed by atoms with E-state index in [1.165, 1.54) is 18.7 Å². The topological polar surface area (TPSA) is 103 Å². The molecule has 2 aromatic rings. The molecular weight excluding hydrogens is 318 g/mol. The largest absolute Gasteiger partial charge is 0.467 e. The number of hydrogen-bond acceptors (Lipinski definition) is 7. The molecule has 9 heteroatoms. The standard InChI is InChI=1S/C14H19N5O3S/c1-9(2)13(10(3)20)15-12(21)8-23-14-16-17-18-19(14)7-11-5-4-6-22-11/h4-6,9,13H,7-8H2,1-3H3,(H,15,21). The lowest BCUT2D eigenvalue weighted by molar-refractivity contribution is -0.126. The van der Waals surface area contributed by atoms with Gasteiger partial charge < -0.3 is 9.73 Å². The number of carbonyl (C=O) groups is 2. The highest BCUT2D eigenvalue weighted by Gasteiger charge is 2.21. The average Bonchev–Trinajstić information content (AvgIpc) is 3.14. The average molecular weight is 337 g/mol. The van der Waals surface area contributed by atoms with Crippen LogP contribution < -0.4 is 5.32 Å². The number of nitrogens with zero attached hydrogens (tertiary/aromatic N) is 4. The Bertz CT molecular complexity index is 653. The first-order chi connectivity index (χ1) is 11.0. The maximum atomic E-state index is 12.0. The molecule has 0 radical (unpaired) electrons. The van der Waals surface area contributed by atoms with Gasteiger partial charge in [0, 0.05) is 0 Å². The molecule has 1 N–H and O–H groups in total. The van der Waals surface area contributed by atoms with Crippen molar-refractivity contribution in [2.45, 2.75) is 38.5 Å². The van der Waals surface area contributed by atoms with Gasteiger partial charge in [0.05, 0.1) is 18.1 Å². The number of rotatable bonds is 8. The molecule has 2 aromatic heterocycles. The lowest BCUT2D eigenvalue weighted by Gasteiger charge is -2.19. The van der Waals surface area contributed by atoms with Gasteiger partial charge in [-0.2, -0.15) is 0 Å². The summed E-state index contributed by atoms with van der Waals surface area (Å²) < 4.78 is 6.81. The molecule has 0 aliphatic heterocycles. The summed E-state index contributed by atoms with van der Waals surface area (Å²) >= 11 is 1.21. The van der Waals surface area contributed by atoms with Crippen molar-refractivity contribution in [1.29, 1.82) is 0 Å². The van der Waals surface area contributed by atoms with Crippen molar-refractivity contribution in [1.82, 2.24) is 25.5 Å². The Morgan fingerprint density at radius 2 is 2.22 bits per heavy atom. The van der Waals surface area contributed by atoms with Crippen LogP contribution in [-0.4, -0.2) is 43.7 Å². The van der Waals surface area contributed by atoms with Crippen LogP contribution in [0, 0.1) is 5.92 Å². The first-order valence-corrected chi connectivity index (χ1v) is 8.17.